The molecular formula is C12H19N5O2S. The first-order valence-electron chi connectivity index (χ1n) is 6.52. The minimum Gasteiger partial charge on any atom is -0.382 e. The summed E-state index contributed by atoms with van der Waals surface area (Å²) in [5.41, 5.74) is 6.21. The first kappa shape index (κ1) is 14.6. The van der Waals surface area contributed by atoms with Gasteiger partial charge in [0, 0.05) is 33.1 Å². The molecule has 0 spiro atoms. The largest absolute Gasteiger partial charge is 0.382 e. The van der Waals surface area contributed by atoms with E-state index in [1.807, 2.05) is 0 Å². The van der Waals surface area contributed by atoms with Gasteiger partial charge in [0.15, 0.2) is 5.82 Å². The number of piperidine rings is 1. The minimum atomic E-state index is -0.223. The van der Waals surface area contributed by atoms with Crippen molar-refractivity contribution in [3.63, 3.8) is 0 Å². The van der Waals surface area contributed by atoms with Crippen LogP contribution in [0.5, 0.6) is 0 Å². The Labute approximate surface area is 121 Å². The van der Waals surface area contributed by atoms with Gasteiger partial charge in [0.1, 0.15) is 10.6 Å². The van der Waals surface area contributed by atoms with Crippen LogP contribution in [0.1, 0.15) is 23.2 Å². The van der Waals surface area contributed by atoms with E-state index in [1.54, 1.807) is 14.1 Å². The van der Waals surface area contributed by atoms with Crippen molar-refractivity contribution < 1.29 is 9.59 Å². The molecule has 7 nitrogen and oxygen atoms in total. The van der Waals surface area contributed by atoms with Gasteiger partial charge in [0.05, 0.1) is 0 Å². The van der Waals surface area contributed by atoms with Crippen molar-refractivity contribution in [2.45, 2.75) is 12.8 Å². The average molecular weight is 297 g/mol. The summed E-state index contributed by atoms with van der Waals surface area (Å²) in [7, 11) is 3.23. The van der Waals surface area contributed by atoms with Gasteiger partial charge in [0.2, 0.25) is 5.91 Å². The van der Waals surface area contributed by atoms with Crippen LogP contribution in [-0.4, -0.2) is 43.4 Å². The van der Waals surface area contributed by atoms with Crippen LogP contribution in [0, 0.1) is 5.92 Å². The third-order valence-corrected chi connectivity index (χ3v) is 4.48. The molecule has 8 heteroatoms. The first-order valence-corrected chi connectivity index (χ1v) is 7.29. The van der Waals surface area contributed by atoms with Crippen LogP contribution < -0.4 is 21.3 Å². The van der Waals surface area contributed by atoms with Gasteiger partial charge in [-0.2, -0.15) is 4.37 Å². The molecule has 2 heterocycles. The van der Waals surface area contributed by atoms with Crippen LogP contribution in [0.15, 0.2) is 0 Å². The average Bonchev–Trinajstić information content (AvgIpc) is 2.87. The maximum absolute atomic E-state index is 11.9. The Morgan fingerprint density at radius 2 is 1.95 bits per heavy atom. The zero-order valence-corrected chi connectivity index (χ0v) is 12.4. The number of carbonyl (C=O) groups is 2. The van der Waals surface area contributed by atoms with Gasteiger partial charge < -0.3 is 21.3 Å². The highest BCUT2D eigenvalue weighted by Crippen LogP contribution is 2.33. The number of anilines is 2. The molecule has 20 heavy (non-hydrogen) atoms. The molecule has 1 aliphatic heterocycles. The third-order valence-electron chi connectivity index (χ3n) is 3.55. The van der Waals surface area contributed by atoms with E-state index in [1.165, 1.54) is 11.5 Å². The van der Waals surface area contributed by atoms with Crippen molar-refractivity contribution in [1.82, 2.24) is 15.0 Å². The lowest BCUT2D eigenvalue weighted by Gasteiger charge is -2.31. The van der Waals surface area contributed by atoms with Gasteiger partial charge in [-0.1, -0.05) is 0 Å². The van der Waals surface area contributed by atoms with Crippen molar-refractivity contribution in [2.75, 3.05) is 37.8 Å². The second-order valence-corrected chi connectivity index (χ2v) is 5.45. The molecule has 1 fully saturated rings. The van der Waals surface area contributed by atoms with E-state index < -0.39 is 0 Å². The molecule has 0 aromatic carbocycles. The van der Waals surface area contributed by atoms with Crippen molar-refractivity contribution in [1.29, 1.82) is 0 Å². The number of aromatic nitrogens is 1. The number of nitrogen functional groups attached to an aromatic ring is 1. The molecule has 0 aliphatic carbocycles. The minimum absolute atomic E-state index is 0.0463. The van der Waals surface area contributed by atoms with E-state index in [2.05, 4.69) is 19.9 Å². The van der Waals surface area contributed by atoms with Crippen molar-refractivity contribution in [3.05, 3.63) is 5.56 Å². The monoisotopic (exact) mass is 297 g/mol. The maximum atomic E-state index is 11.9. The van der Waals surface area contributed by atoms with Crippen LogP contribution >= 0.6 is 11.5 Å². The summed E-state index contributed by atoms with van der Waals surface area (Å²) in [5, 5.41) is 6.05. The molecule has 1 saturated heterocycles. The fraction of sp³-hybridized carbons (Fsp3) is 0.583. The summed E-state index contributed by atoms with van der Waals surface area (Å²) in [6, 6.07) is 0. The molecule has 1 aromatic rings. The number of nitrogens with one attached hydrogen (secondary N) is 2. The zero-order valence-electron chi connectivity index (χ0n) is 11.6. The van der Waals surface area contributed by atoms with Crippen LogP contribution in [-0.2, 0) is 4.79 Å². The predicted molar refractivity (Wildman–Crippen MR) is 78.9 cm³/mol. The molecule has 0 unspecified atom stereocenters. The Morgan fingerprint density at radius 1 is 1.30 bits per heavy atom. The number of amides is 2. The maximum Gasteiger partial charge on any atom is 0.257 e. The van der Waals surface area contributed by atoms with Crippen molar-refractivity contribution in [2.24, 2.45) is 5.92 Å². The highest BCUT2D eigenvalue weighted by atomic mass is 32.1. The normalized spacial score (nSPS) is 16.0. The highest BCUT2D eigenvalue weighted by Gasteiger charge is 2.28. The van der Waals surface area contributed by atoms with Gasteiger partial charge >= 0.3 is 0 Å². The lowest BCUT2D eigenvalue weighted by atomic mass is 9.96. The number of nitrogens with zero attached hydrogens (tertiary/aromatic N) is 2. The topological polar surface area (TPSA) is 100 Å². The van der Waals surface area contributed by atoms with Crippen LogP contribution in [0.25, 0.3) is 0 Å². The van der Waals surface area contributed by atoms with Crippen LogP contribution in [0.3, 0.4) is 0 Å². The summed E-state index contributed by atoms with van der Waals surface area (Å²) in [6.45, 7) is 1.45. The highest BCUT2D eigenvalue weighted by molar-refractivity contribution is 7.11. The fourth-order valence-electron chi connectivity index (χ4n) is 2.40. The molecule has 1 aliphatic rings. The number of hydrogen-bond acceptors (Lipinski definition) is 6. The molecular weight excluding hydrogens is 278 g/mol. The standard InChI is InChI=1S/C12H19N5O2S/c1-14-10(18)7-3-5-17(6-4-7)12-8(11(19)15-2)9(13)16-20-12/h7H,3-6H2,1-2H3,(H2,13,16)(H,14,18)(H,15,19). The summed E-state index contributed by atoms with van der Waals surface area (Å²) in [6.07, 6.45) is 1.54. The Bertz CT molecular complexity index is 508. The van der Waals surface area contributed by atoms with Gasteiger partial charge in [-0.15, -0.1) is 0 Å². The Balaban J connectivity index is 2.11. The van der Waals surface area contributed by atoms with Crippen LogP contribution in [0.4, 0.5) is 10.8 Å². The smallest absolute Gasteiger partial charge is 0.257 e. The van der Waals surface area contributed by atoms with Gasteiger partial charge in [-0.3, -0.25) is 9.59 Å². The van der Waals surface area contributed by atoms with Gasteiger partial charge in [-0.05, 0) is 24.4 Å². The van der Waals surface area contributed by atoms with E-state index in [-0.39, 0.29) is 23.6 Å². The summed E-state index contributed by atoms with van der Waals surface area (Å²) < 4.78 is 4.07. The number of hydrogen-bond donors (Lipinski definition) is 3. The molecule has 1 aromatic heterocycles. The molecule has 4 N–H and O–H groups in total. The lowest BCUT2D eigenvalue weighted by molar-refractivity contribution is -0.125. The molecule has 0 bridgehead atoms. The number of carbonyl (C=O) groups excluding carboxylic acids is 2. The van der Waals surface area contributed by atoms with E-state index in [9.17, 15) is 9.59 Å². The fourth-order valence-corrected chi connectivity index (χ4v) is 3.26. The molecule has 110 valence electrons. The molecule has 0 atom stereocenters. The summed E-state index contributed by atoms with van der Waals surface area (Å²) >= 11 is 1.23. The Hall–Kier alpha value is -1.83. The van der Waals surface area contributed by atoms with Crippen molar-refractivity contribution >= 4 is 34.2 Å². The lowest BCUT2D eigenvalue weighted by Crippen LogP contribution is -2.40. The third kappa shape index (κ3) is 2.69. The Kier molecular flexibility index (Phi) is 4.43. The quantitative estimate of drug-likeness (QED) is 0.732. The van der Waals surface area contributed by atoms with E-state index in [4.69, 9.17) is 5.73 Å². The van der Waals surface area contributed by atoms with E-state index >= 15 is 0 Å². The molecule has 2 rings (SSSR count). The molecule has 0 radical (unpaired) electrons. The molecule has 0 saturated carbocycles. The van der Waals surface area contributed by atoms with E-state index in [0.29, 0.717) is 5.56 Å². The predicted octanol–water partition coefficient (Wildman–Crippen LogP) is 0.0473. The van der Waals surface area contributed by atoms with E-state index in [0.717, 1.165) is 30.9 Å². The first-order chi connectivity index (χ1) is 9.58. The second-order valence-electron chi connectivity index (χ2n) is 4.70. The number of rotatable bonds is 3. The Morgan fingerprint density at radius 3 is 2.50 bits per heavy atom. The van der Waals surface area contributed by atoms with Crippen molar-refractivity contribution in [3.8, 4) is 0 Å². The van der Waals surface area contributed by atoms with Crippen LogP contribution in [0.2, 0.25) is 0 Å². The second kappa shape index (κ2) is 6.08. The van der Waals surface area contributed by atoms with Gasteiger partial charge in [-0.25, -0.2) is 0 Å². The summed E-state index contributed by atoms with van der Waals surface area (Å²) in [5.74, 6) is 0.169. The molecule has 2 amide bonds. The SMILES string of the molecule is CNC(=O)c1c(N)nsc1N1CCC(C(=O)NC)CC1. The zero-order chi connectivity index (χ0) is 14.7. The number of nitrogens with two attached hydrogens (primary N) is 1. The van der Waals surface area contributed by atoms with Gasteiger partial charge in [0.25, 0.3) is 5.91 Å². The summed E-state index contributed by atoms with van der Waals surface area (Å²) in [4.78, 5) is 25.6.